The molecule has 0 heterocycles. The Labute approximate surface area is 247 Å². The Balaban J connectivity index is 0.000000377. The minimum atomic E-state index is -0.204. The molecule has 0 aromatic heterocycles. The summed E-state index contributed by atoms with van der Waals surface area (Å²) in [5.41, 5.74) is 0.968. The molecule has 3 saturated carbocycles. The molecule has 0 aromatic carbocycles. The normalized spacial score (nSPS) is 24.1. The number of allylic oxidation sites excluding steroid dienone is 4. The van der Waals surface area contributed by atoms with Crippen LogP contribution in [-0.4, -0.2) is 24.6 Å². The molecule has 0 N–H and O–H groups in total. The number of hydrogen-bond donors (Lipinski definition) is 0. The molecular formula is C36H62O4. The largest absolute Gasteiger partial charge is 0.465 e. The highest BCUT2D eigenvalue weighted by atomic mass is 16.5. The van der Waals surface area contributed by atoms with E-state index >= 15 is 0 Å². The number of carbonyl (C=O) groups is 2. The van der Waals surface area contributed by atoms with E-state index in [1.807, 2.05) is 26.0 Å². The number of rotatable bonds is 14. The first-order valence-corrected chi connectivity index (χ1v) is 16.2. The molecule has 4 heteroatoms. The summed E-state index contributed by atoms with van der Waals surface area (Å²) in [6.07, 6.45) is 18.3. The number of hydrogen-bond acceptors (Lipinski definition) is 4. The molecule has 0 amide bonds. The smallest absolute Gasteiger partial charge is 0.312 e. The van der Waals surface area contributed by atoms with Gasteiger partial charge in [-0.15, -0.1) is 13.2 Å². The van der Waals surface area contributed by atoms with E-state index in [-0.39, 0.29) is 28.9 Å². The van der Waals surface area contributed by atoms with E-state index in [1.165, 1.54) is 24.8 Å². The van der Waals surface area contributed by atoms with E-state index in [0.29, 0.717) is 30.3 Å². The standard InChI is InChI=1S/2C17H28O2.C2H6/c1-5-8-17(9-10-17)16(18)19-15-11-13(4)6-7-14(15)12(2)3;1-5-10-17(11-12-17)16(18)19-13-9-15(4)8-6-7-14(2)3;1-2/h5,12-15H,1,6-11H2,2-4H3;5,7,15H,1,6,8-13H2,2-4H3;1-2H3. The van der Waals surface area contributed by atoms with Gasteiger partial charge in [0.15, 0.2) is 0 Å². The van der Waals surface area contributed by atoms with Crippen molar-refractivity contribution in [2.45, 2.75) is 139 Å². The van der Waals surface area contributed by atoms with Gasteiger partial charge in [-0.05, 0) is 108 Å². The first-order valence-electron chi connectivity index (χ1n) is 16.2. The summed E-state index contributed by atoms with van der Waals surface area (Å²) in [5.74, 6) is 2.46. The lowest BCUT2D eigenvalue weighted by molar-refractivity contribution is -0.162. The minimum Gasteiger partial charge on any atom is -0.465 e. The average molecular weight is 559 g/mol. The molecule has 3 aliphatic carbocycles. The quantitative estimate of drug-likeness (QED) is 0.157. The number of carbonyl (C=O) groups excluding carboxylic acids is 2. The lowest BCUT2D eigenvalue weighted by atomic mass is 9.75. The van der Waals surface area contributed by atoms with Gasteiger partial charge in [0.25, 0.3) is 0 Å². The topological polar surface area (TPSA) is 52.6 Å². The molecule has 0 spiro atoms. The van der Waals surface area contributed by atoms with Gasteiger partial charge in [-0.2, -0.15) is 0 Å². The van der Waals surface area contributed by atoms with E-state index in [1.54, 1.807) is 0 Å². The molecule has 0 radical (unpaired) electrons. The maximum atomic E-state index is 12.4. The second kappa shape index (κ2) is 17.9. The van der Waals surface area contributed by atoms with Gasteiger partial charge < -0.3 is 9.47 Å². The first-order chi connectivity index (χ1) is 19.0. The number of esters is 2. The molecule has 3 rings (SSSR count). The van der Waals surface area contributed by atoms with Crippen molar-refractivity contribution in [3.8, 4) is 0 Å². The van der Waals surface area contributed by atoms with Crippen LogP contribution in [0.5, 0.6) is 0 Å². The summed E-state index contributed by atoms with van der Waals surface area (Å²) in [7, 11) is 0. The minimum absolute atomic E-state index is 0.0103. The van der Waals surface area contributed by atoms with Gasteiger partial charge in [-0.1, -0.05) is 71.8 Å². The maximum Gasteiger partial charge on any atom is 0.312 e. The third kappa shape index (κ3) is 12.0. The maximum absolute atomic E-state index is 12.4. The summed E-state index contributed by atoms with van der Waals surface area (Å²) in [5, 5.41) is 0. The Kier molecular flexibility index (Phi) is 16.2. The van der Waals surface area contributed by atoms with Gasteiger partial charge in [0.2, 0.25) is 0 Å². The Morgan fingerprint density at radius 2 is 1.45 bits per heavy atom. The van der Waals surface area contributed by atoms with Crippen LogP contribution in [0.4, 0.5) is 0 Å². The van der Waals surface area contributed by atoms with Crippen molar-refractivity contribution >= 4 is 11.9 Å². The molecule has 40 heavy (non-hydrogen) atoms. The van der Waals surface area contributed by atoms with Gasteiger partial charge in [0.05, 0.1) is 17.4 Å². The van der Waals surface area contributed by atoms with Crippen LogP contribution in [0.1, 0.15) is 132 Å². The molecule has 0 aliphatic heterocycles. The molecule has 0 aromatic rings. The second-order valence-electron chi connectivity index (χ2n) is 13.2. The zero-order valence-electron chi connectivity index (χ0n) is 27.4. The predicted molar refractivity (Wildman–Crippen MR) is 169 cm³/mol. The third-order valence-electron chi connectivity index (χ3n) is 8.92. The van der Waals surface area contributed by atoms with Crippen molar-refractivity contribution in [3.63, 3.8) is 0 Å². The van der Waals surface area contributed by atoms with Crippen molar-refractivity contribution in [1.29, 1.82) is 0 Å². The van der Waals surface area contributed by atoms with E-state index in [4.69, 9.17) is 9.47 Å². The van der Waals surface area contributed by atoms with E-state index in [2.05, 4.69) is 60.8 Å². The zero-order chi connectivity index (χ0) is 30.3. The molecule has 230 valence electrons. The van der Waals surface area contributed by atoms with Crippen molar-refractivity contribution in [3.05, 3.63) is 37.0 Å². The van der Waals surface area contributed by atoms with Gasteiger partial charge in [-0.3, -0.25) is 9.59 Å². The van der Waals surface area contributed by atoms with Crippen LogP contribution < -0.4 is 0 Å². The SMILES string of the molecule is C=CCC1(C(=O)OC2CC(C)CCC2C(C)C)CC1.C=CCC1(C(=O)OCCC(C)CCC=C(C)C)CC1.CC. The highest BCUT2D eigenvalue weighted by Gasteiger charge is 2.51. The van der Waals surface area contributed by atoms with Gasteiger partial charge in [-0.25, -0.2) is 0 Å². The first kappa shape index (κ1) is 36.2. The highest BCUT2D eigenvalue weighted by Crippen LogP contribution is 2.51. The Hall–Kier alpha value is -1.84. The third-order valence-corrected chi connectivity index (χ3v) is 8.92. The molecule has 3 aliphatic rings. The molecule has 3 fully saturated rings. The fraction of sp³-hybridized carbons (Fsp3) is 0.778. The molecular weight excluding hydrogens is 496 g/mol. The lowest BCUT2D eigenvalue weighted by Crippen LogP contribution is -2.37. The summed E-state index contributed by atoms with van der Waals surface area (Å²) in [6, 6.07) is 0. The second-order valence-corrected chi connectivity index (χ2v) is 13.2. The monoisotopic (exact) mass is 558 g/mol. The van der Waals surface area contributed by atoms with Crippen LogP contribution in [0.3, 0.4) is 0 Å². The van der Waals surface area contributed by atoms with Gasteiger partial charge in [0.1, 0.15) is 6.10 Å². The Morgan fingerprint density at radius 3 is 1.93 bits per heavy atom. The van der Waals surface area contributed by atoms with Crippen LogP contribution in [0, 0.1) is 34.5 Å². The van der Waals surface area contributed by atoms with Crippen molar-refractivity contribution in [1.82, 2.24) is 0 Å². The van der Waals surface area contributed by atoms with E-state index in [9.17, 15) is 9.59 Å². The van der Waals surface area contributed by atoms with Crippen LogP contribution >= 0.6 is 0 Å². The van der Waals surface area contributed by atoms with Gasteiger partial charge >= 0.3 is 11.9 Å². The molecule has 4 nitrogen and oxygen atoms in total. The van der Waals surface area contributed by atoms with Crippen molar-refractivity contribution in [2.24, 2.45) is 34.5 Å². The summed E-state index contributed by atoms with van der Waals surface area (Å²) >= 11 is 0. The zero-order valence-corrected chi connectivity index (χ0v) is 27.4. The van der Waals surface area contributed by atoms with Crippen molar-refractivity contribution in [2.75, 3.05) is 6.61 Å². The van der Waals surface area contributed by atoms with E-state index in [0.717, 1.165) is 57.8 Å². The Morgan fingerprint density at radius 1 is 0.900 bits per heavy atom. The predicted octanol–water partition coefficient (Wildman–Crippen LogP) is 10.0. The van der Waals surface area contributed by atoms with Crippen molar-refractivity contribution < 1.29 is 19.1 Å². The molecule has 0 bridgehead atoms. The van der Waals surface area contributed by atoms with Gasteiger partial charge in [0, 0.05) is 0 Å². The fourth-order valence-electron chi connectivity index (χ4n) is 5.66. The van der Waals surface area contributed by atoms with Crippen LogP contribution in [0.25, 0.3) is 0 Å². The number of ether oxygens (including phenoxy) is 2. The lowest BCUT2D eigenvalue weighted by Gasteiger charge is -2.37. The summed E-state index contributed by atoms with van der Waals surface area (Å²) in [4.78, 5) is 24.3. The molecule has 4 unspecified atom stereocenters. The van der Waals surface area contributed by atoms with E-state index < -0.39 is 0 Å². The van der Waals surface area contributed by atoms with Crippen LogP contribution in [0.15, 0.2) is 37.0 Å². The molecule has 4 atom stereocenters. The Bertz CT molecular complexity index is 811. The highest BCUT2D eigenvalue weighted by molar-refractivity contribution is 5.80. The summed E-state index contributed by atoms with van der Waals surface area (Å²) in [6.45, 7) is 25.3. The van der Waals surface area contributed by atoms with Crippen LogP contribution in [-0.2, 0) is 19.1 Å². The average Bonchev–Trinajstić information content (AvgIpc) is 3.83. The molecule has 0 saturated heterocycles. The van der Waals surface area contributed by atoms with Crippen LogP contribution in [0.2, 0.25) is 0 Å². The fourth-order valence-corrected chi connectivity index (χ4v) is 5.66. The summed E-state index contributed by atoms with van der Waals surface area (Å²) < 4.78 is 11.3.